The summed E-state index contributed by atoms with van der Waals surface area (Å²) in [5.41, 5.74) is 1.02. The van der Waals surface area contributed by atoms with E-state index in [9.17, 15) is 4.79 Å². The van der Waals surface area contributed by atoms with Crippen molar-refractivity contribution in [2.24, 2.45) is 0 Å². The predicted molar refractivity (Wildman–Crippen MR) is 89.7 cm³/mol. The first-order valence-corrected chi connectivity index (χ1v) is 8.75. The van der Waals surface area contributed by atoms with E-state index in [1.165, 1.54) is 0 Å². The summed E-state index contributed by atoms with van der Waals surface area (Å²) in [6.07, 6.45) is 0. The number of amides is 2. The van der Waals surface area contributed by atoms with Gasteiger partial charge in [0.25, 0.3) is 0 Å². The fourth-order valence-electron chi connectivity index (χ4n) is 2.36. The SMILES string of the molecule is CCOc1ccc([C@@H](COC)NC(=O)N2CCSCC2)cc1. The summed E-state index contributed by atoms with van der Waals surface area (Å²) in [6.45, 7) is 4.66. The third-order valence-corrected chi connectivity index (χ3v) is 4.47. The first kappa shape index (κ1) is 17.0. The molecular formula is C16H24N2O3S. The molecule has 0 aromatic heterocycles. The highest BCUT2D eigenvalue weighted by molar-refractivity contribution is 7.99. The Bertz CT molecular complexity index is 461. The summed E-state index contributed by atoms with van der Waals surface area (Å²) in [5.74, 6) is 2.85. The number of benzene rings is 1. The van der Waals surface area contributed by atoms with Crippen LogP contribution in [0, 0.1) is 0 Å². The van der Waals surface area contributed by atoms with Crippen molar-refractivity contribution in [1.29, 1.82) is 0 Å². The van der Waals surface area contributed by atoms with E-state index in [0.29, 0.717) is 13.2 Å². The lowest BCUT2D eigenvalue weighted by molar-refractivity contribution is 0.156. The van der Waals surface area contributed by atoms with Crippen LogP contribution in [0.3, 0.4) is 0 Å². The molecule has 1 aliphatic rings. The van der Waals surface area contributed by atoms with Crippen LogP contribution < -0.4 is 10.1 Å². The van der Waals surface area contributed by atoms with Crippen molar-refractivity contribution >= 4 is 17.8 Å². The molecule has 1 aromatic rings. The van der Waals surface area contributed by atoms with Crippen LogP contribution in [0.1, 0.15) is 18.5 Å². The normalized spacial score (nSPS) is 16.2. The van der Waals surface area contributed by atoms with E-state index in [0.717, 1.165) is 35.9 Å². The van der Waals surface area contributed by atoms with Crippen molar-refractivity contribution in [1.82, 2.24) is 10.2 Å². The number of thioether (sulfide) groups is 1. The van der Waals surface area contributed by atoms with Gasteiger partial charge < -0.3 is 19.7 Å². The van der Waals surface area contributed by atoms with Crippen LogP contribution in [0.15, 0.2) is 24.3 Å². The van der Waals surface area contributed by atoms with Gasteiger partial charge in [-0.2, -0.15) is 11.8 Å². The highest BCUT2D eigenvalue weighted by Gasteiger charge is 2.21. The molecule has 2 rings (SSSR count). The number of hydrogen-bond acceptors (Lipinski definition) is 4. The molecule has 122 valence electrons. The Kier molecular flexibility index (Phi) is 6.86. The van der Waals surface area contributed by atoms with Gasteiger partial charge in [0, 0.05) is 31.7 Å². The monoisotopic (exact) mass is 324 g/mol. The average Bonchev–Trinajstić information content (AvgIpc) is 2.56. The molecule has 0 saturated carbocycles. The minimum atomic E-state index is -0.150. The number of methoxy groups -OCH3 is 1. The van der Waals surface area contributed by atoms with Gasteiger partial charge >= 0.3 is 6.03 Å². The number of rotatable bonds is 6. The summed E-state index contributed by atoms with van der Waals surface area (Å²) < 4.78 is 10.7. The molecule has 1 N–H and O–H groups in total. The van der Waals surface area contributed by atoms with Crippen LogP contribution in [-0.2, 0) is 4.74 Å². The zero-order valence-electron chi connectivity index (χ0n) is 13.2. The number of carbonyl (C=O) groups is 1. The fraction of sp³-hybridized carbons (Fsp3) is 0.562. The molecule has 0 unspecified atom stereocenters. The second kappa shape index (κ2) is 8.90. The van der Waals surface area contributed by atoms with Crippen molar-refractivity contribution in [3.63, 3.8) is 0 Å². The molecule has 0 aliphatic carbocycles. The van der Waals surface area contributed by atoms with Gasteiger partial charge in [-0.15, -0.1) is 0 Å². The van der Waals surface area contributed by atoms with E-state index >= 15 is 0 Å². The zero-order chi connectivity index (χ0) is 15.8. The number of hydrogen-bond donors (Lipinski definition) is 1. The van der Waals surface area contributed by atoms with E-state index in [1.807, 2.05) is 47.9 Å². The maximum absolute atomic E-state index is 12.4. The quantitative estimate of drug-likeness (QED) is 0.874. The third-order valence-electron chi connectivity index (χ3n) is 3.52. The van der Waals surface area contributed by atoms with Crippen LogP contribution >= 0.6 is 11.8 Å². The number of carbonyl (C=O) groups excluding carboxylic acids is 1. The Labute approximate surface area is 136 Å². The Balaban J connectivity index is 2.00. The molecule has 5 nitrogen and oxygen atoms in total. The average molecular weight is 324 g/mol. The number of ether oxygens (including phenoxy) is 2. The molecule has 0 spiro atoms. The molecule has 1 atom stereocenters. The van der Waals surface area contributed by atoms with Crippen LogP contribution in [-0.4, -0.2) is 55.8 Å². The lowest BCUT2D eigenvalue weighted by Crippen LogP contribution is -2.46. The molecule has 2 amide bonds. The first-order chi connectivity index (χ1) is 10.7. The minimum absolute atomic E-state index is 0.0174. The van der Waals surface area contributed by atoms with Gasteiger partial charge in [-0.3, -0.25) is 0 Å². The summed E-state index contributed by atoms with van der Waals surface area (Å²) in [5, 5.41) is 3.07. The van der Waals surface area contributed by atoms with Crippen LogP contribution in [0.2, 0.25) is 0 Å². The van der Waals surface area contributed by atoms with Crippen molar-refractivity contribution < 1.29 is 14.3 Å². The van der Waals surface area contributed by atoms with Gasteiger partial charge in [0.1, 0.15) is 5.75 Å². The molecule has 1 fully saturated rings. The van der Waals surface area contributed by atoms with E-state index < -0.39 is 0 Å². The number of nitrogens with one attached hydrogen (secondary N) is 1. The fourth-order valence-corrected chi connectivity index (χ4v) is 3.26. The molecule has 1 aliphatic heterocycles. The highest BCUT2D eigenvalue weighted by atomic mass is 32.2. The van der Waals surface area contributed by atoms with Crippen molar-refractivity contribution in [3.8, 4) is 5.75 Å². The Morgan fingerprint density at radius 1 is 1.32 bits per heavy atom. The Morgan fingerprint density at radius 3 is 2.59 bits per heavy atom. The standard InChI is InChI=1S/C16H24N2O3S/c1-3-21-14-6-4-13(5-7-14)15(12-20-2)17-16(19)18-8-10-22-11-9-18/h4-7,15H,3,8-12H2,1-2H3,(H,17,19)/t15-/m1/s1. The van der Waals surface area contributed by atoms with Gasteiger partial charge in [-0.25, -0.2) is 4.79 Å². The lowest BCUT2D eigenvalue weighted by atomic mass is 10.1. The molecule has 1 heterocycles. The second-order valence-electron chi connectivity index (χ2n) is 5.06. The molecule has 1 aromatic carbocycles. The zero-order valence-corrected chi connectivity index (χ0v) is 14.0. The minimum Gasteiger partial charge on any atom is -0.494 e. The van der Waals surface area contributed by atoms with Crippen molar-refractivity contribution in [2.75, 3.05) is 44.9 Å². The predicted octanol–water partition coefficient (Wildman–Crippen LogP) is 2.53. The smallest absolute Gasteiger partial charge is 0.318 e. The summed E-state index contributed by atoms with van der Waals surface area (Å²) in [4.78, 5) is 14.2. The number of urea groups is 1. The van der Waals surface area contributed by atoms with E-state index in [4.69, 9.17) is 9.47 Å². The molecule has 6 heteroatoms. The summed E-state index contributed by atoms with van der Waals surface area (Å²) >= 11 is 1.89. The van der Waals surface area contributed by atoms with Gasteiger partial charge in [-0.1, -0.05) is 12.1 Å². The Hall–Kier alpha value is -1.40. The van der Waals surface area contributed by atoms with E-state index in [-0.39, 0.29) is 12.1 Å². The first-order valence-electron chi connectivity index (χ1n) is 7.59. The van der Waals surface area contributed by atoms with Gasteiger partial charge in [0.2, 0.25) is 0 Å². The topological polar surface area (TPSA) is 50.8 Å². The maximum atomic E-state index is 12.4. The lowest BCUT2D eigenvalue weighted by Gasteiger charge is -2.29. The van der Waals surface area contributed by atoms with Crippen LogP contribution in [0.4, 0.5) is 4.79 Å². The summed E-state index contributed by atoms with van der Waals surface area (Å²) in [7, 11) is 1.64. The summed E-state index contributed by atoms with van der Waals surface area (Å²) in [6, 6.07) is 7.62. The van der Waals surface area contributed by atoms with Crippen LogP contribution in [0.5, 0.6) is 5.75 Å². The molecule has 0 bridgehead atoms. The third kappa shape index (κ3) is 4.81. The number of nitrogens with zero attached hydrogens (tertiary/aromatic N) is 1. The van der Waals surface area contributed by atoms with E-state index in [1.54, 1.807) is 7.11 Å². The highest BCUT2D eigenvalue weighted by Crippen LogP contribution is 2.19. The van der Waals surface area contributed by atoms with E-state index in [2.05, 4.69) is 5.32 Å². The van der Waals surface area contributed by atoms with Crippen molar-refractivity contribution in [2.45, 2.75) is 13.0 Å². The van der Waals surface area contributed by atoms with Gasteiger partial charge in [-0.05, 0) is 24.6 Å². The van der Waals surface area contributed by atoms with Crippen LogP contribution in [0.25, 0.3) is 0 Å². The largest absolute Gasteiger partial charge is 0.494 e. The van der Waals surface area contributed by atoms with Crippen molar-refractivity contribution in [3.05, 3.63) is 29.8 Å². The second-order valence-corrected chi connectivity index (χ2v) is 6.28. The Morgan fingerprint density at radius 2 is 2.00 bits per heavy atom. The molecule has 22 heavy (non-hydrogen) atoms. The molecule has 1 saturated heterocycles. The molecular weight excluding hydrogens is 300 g/mol. The molecule has 0 radical (unpaired) electrons. The van der Waals surface area contributed by atoms with Gasteiger partial charge in [0.15, 0.2) is 0 Å². The maximum Gasteiger partial charge on any atom is 0.318 e. The van der Waals surface area contributed by atoms with Gasteiger partial charge in [0.05, 0.1) is 19.3 Å².